The quantitative estimate of drug-likeness (QED) is 0.719. The summed E-state index contributed by atoms with van der Waals surface area (Å²) in [6.45, 7) is 5.93. The lowest BCUT2D eigenvalue weighted by Gasteiger charge is -2.20. The number of thiophene rings is 1. The van der Waals surface area contributed by atoms with Crippen LogP contribution >= 0.6 is 11.3 Å². The molecular weight excluding hydrogens is 282 g/mol. The Hall–Kier alpha value is -0.910. The molecule has 19 heavy (non-hydrogen) atoms. The molecule has 0 spiro atoms. The Labute approximate surface area is 118 Å². The molecule has 0 saturated carbocycles. The largest absolute Gasteiger partial charge is 0.320 e. The van der Waals surface area contributed by atoms with Gasteiger partial charge in [-0.3, -0.25) is 0 Å². The van der Waals surface area contributed by atoms with Gasteiger partial charge in [-0.25, -0.2) is 0 Å². The third-order valence-electron chi connectivity index (χ3n) is 1.85. The van der Waals surface area contributed by atoms with Crippen LogP contribution in [0.25, 0.3) is 0 Å². The first-order chi connectivity index (χ1) is 8.72. The lowest BCUT2D eigenvalue weighted by atomic mass is 10.1. The SMILES string of the molecule is CC(C)(C)NS(=O)(=O)NCc1ccc(C#CCN)s1. The molecule has 1 rings (SSSR count). The fourth-order valence-electron chi connectivity index (χ4n) is 1.28. The maximum absolute atomic E-state index is 11.7. The van der Waals surface area contributed by atoms with Crippen LogP contribution in [0.5, 0.6) is 0 Å². The zero-order chi connectivity index (χ0) is 14.5. The van der Waals surface area contributed by atoms with E-state index in [2.05, 4.69) is 21.3 Å². The molecule has 0 atom stereocenters. The molecule has 0 saturated heterocycles. The Morgan fingerprint density at radius 3 is 2.63 bits per heavy atom. The molecule has 0 fully saturated rings. The molecule has 0 amide bonds. The van der Waals surface area contributed by atoms with E-state index in [0.717, 1.165) is 9.75 Å². The Balaban J connectivity index is 2.60. The van der Waals surface area contributed by atoms with Crippen LogP contribution in [-0.4, -0.2) is 20.5 Å². The van der Waals surface area contributed by atoms with Crippen molar-refractivity contribution in [3.63, 3.8) is 0 Å². The van der Waals surface area contributed by atoms with E-state index in [1.807, 2.05) is 12.1 Å². The minimum Gasteiger partial charge on any atom is -0.320 e. The van der Waals surface area contributed by atoms with Crippen LogP contribution in [-0.2, 0) is 16.8 Å². The van der Waals surface area contributed by atoms with Crippen LogP contribution in [0.2, 0.25) is 0 Å². The highest BCUT2D eigenvalue weighted by atomic mass is 32.2. The van der Waals surface area contributed by atoms with Crippen molar-refractivity contribution in [3.8, 4) is 11.8 Å². The van der Waals surface area contributed by atoms with Crippen molar-refractivity contribution in [1.29, 1.82) is 0 Å². The van der Waals surface area contributed by atoms with Crippen LogP contribution in [0, 0.1) is 11.8 Å². The molecule has 106 valence electrons. The summed E-state index contributed by atoms with van der Waals surface area (Å²) in [6.07, 6.45) is 0. The van der Waals surface area contributed by atoms with Gasteiger partial charge in [0.05, 0.1) is 11.4 Å². The molecule has 0 aliphatic rings. The third-order valence-corrected chi connectivity index (χ3v) is 4.26. The number of hydrogen-bond donors (Lipinski definition) is 3. The number of nitrogens with one attached hydrogen (secondary N) is 2. The molecule has 0 aliphatic carbocycles. The number of hydrogen-bond acceptors (Lipinski definition) is 4. The van der Waals surface area contributed by atoms with E-state index in [9.17, 15) is 8.42 Å². The molecule has 1 aromatic rings. The van der Waals surface area contributed by atoms with E-state index in [4.69, 9.17) is 5.73 Å². The van der Waals surface area contributed by atoms with Gasteiger partial charge < -0.3 is 5.73 Å². The van der Waals surface area contributed by atoms with Crippen LogP contribution in [0.4, 0.5) is 0 Å². The Bertz CT molecular complexity index is 574. The minimum absolute atomic E-state index is 0.250. The minimum atomic E-state index is -3.49. The summed E-state index contributed by atoms with van der Waals surface area (Å²) in [5.74, 6) is 5.67. The van der Waals surface area contributed by atoms with E-state index in [0.29, 0.717) is 6.54 Å². The highest BCUT2D eigenvalue weighted by molar-refractivity contribution is 7.87. The highest BCUT2D eigenvalue weighted by Gasteiger charge is 2.19. The third kappa shape index (κ3) is 6.71. The fraction of sp³-hybridized carbons (Fsp3) is 0.500. The first kappa shape index (κ1) is 16.1. The topological polar surface area (TPSA) is 84.2 Å². The van der Waals surface area contributed by atoms with Gasteiger partial charge in [0, 0.05) is 17.0 Å². The zero-order valence-electron chi connectivity index (χ0n) is 11.3. The molecule has 5 nitrogen and oxygen atoms in total. The Morgan fingerprint density at radius 1 is 1.37 bits per heavy atom. The van der Waals surface area contributed by atoms with Crippen LogP contribution in [0.3, 0.4) is 0 Å². The van der Waals surface area contributed by atoms with Gasteiger partial charge >= 0.3 is 0 Å². The van der Waals surface area contributed by atoms with E-state index in [1.54, 1.807) is 20.8 Å². The predicted molar refractivity (Wildman–Crippen MR) is 78.9 cm³/mol. The van der Waals surface area contributed by atoms with Gasteiger partial charge in [0.15, 0.2) is 0 Å². The normalized spacial score (nSPS) is 12.0. The van der Waals surface area contributed by atoms with Gasteiger partial charge in [-0.15, -0.1) is 11.3 Å². The average Bonchev–Trinajstić information content (AvgIpc) is 2.68. The summed E-state index contributed by atoms with van der Waals surface area (Å²) in [7, 11) is -3.49. The zero-order valence-corrected chi connectivity index (χ0v) is 12.9. The standard InChI is InChI=1S/C12H19N3O2S2/c1-12(2,3)15-19(16,17)14-9-11-7-6-10(18-11)5-4-8-13/h6-7,14-15H,8-9,13H2,1-3H3. The van der Waals surface area contributed by atoms with Crippen LogP contribution in [0.15, 0.2) is 12.1 Å². The number of rotatable bonds is 4. The number of nitrogens with two attached hydrogens (primary N) is 1. The molecule has 7 heteroatoms. The van der Waals surface area contributed by atoms with E-state index < -0.39 is 15.7 Å². The summed E-state index contributed by atoms with van der Waals surface area (Å²) in [5, 5.41) is 0. The van der Waals surface area contributed by atoms with Gasteiger partial charge in [0.25, 0.3) is 10.2 Å². The summed E-state index contributed by atoms with van der Waals surface area (Å²) in [5.41, 5.74) is 4.79. The second-order valence-corrected chi connectivity index (χ2v) is 7.62. The highest BCUT2D eigenvalue weighted by Crippen LogP contribution is 2.15. The smallest absolute Gasteiger partial charge is 0.277 e. The maximum atomic E-state index is 11.7. The van der Waals surface area contributed by atoms with Crippen molar-refractivity contribution >= 4 is 21.5 Å². The molecule has 4 N–H and O–H groups in total. The van der Waals surface area contributed by atoms with Crippen molar-refractivity contribution in [1.82, 2.24) is 9.44 Å². The molecule has 0 bridgehead atoms. The summed E-state index contributed by atoms with van der Waals surface area (Å²) in [4.78, 5) is 1.78. The van der Waals surface area contributed by atoms with Gasteiger partial charge in [0.2, 0.25) is 0 Å². The molecule has 1 heterocycles. The molecular formula is C12H19N3O2S2. The van der Waals surface area contributed by atoms with Crippen molar-refractivity contribution in [2.45, 2.75) is 32.9 Å². The van der Waals surface area contributed by atoms with E-state index in [1.165, 1.54) is 11.3 Å². The maximum Gasteiger partial charge on any atom is 0.277 e. The molecule has 1 aromatic heterocycles. The van der Waals surface area contributed by atoms with Crippen LogP contribution < -0.4 is 15.2 Å². The van der Waals surface area contributed by atoms with Crippen molar-refractivity contribution < 1.29 is 8.42 Å². The first-order valence-electron chi connectivity index (χ1n) is 5.78. The van der Waals surface area contributed by atoms with Crippen molar-refractivity contribution in [2.75, 3.05) is 6.54 Å². The molecule has 0 radical (unpaired) electrons. The molecule has 0 aromatic carbocycles. The summed E-state index contributed by atoms with van der Waals surface area (Å²) < 4.78 is 28.5. The lowest BCUT2D eigenvalue weighted by molar-refractivity contribution is 0.484. The van der Waals surface area contributed by atoms with Gasteiger partial charge in [0.1, 0.15) is 0 Å². The van der Waals surface area contributed by atoms with E-state index in [-0.39, 0.29) is 6.54 Å². The molecule has 0 unspecified atom stereocenters. The average molecular weight is 301 g/mol. The monoisotopic (exact) mass is 301 g/mol. The fourth-order valence-corrected chi connectivity index (χ4v) is 3.42. The molecule has 0 aliphatic heterocycles. The van der Waals surface area contributed by atoms with Gasteiger partial charge in [-0.1, -0.05) is 11.8 Å². The first-order valence-corrected chi connectivity index (χ1v) is 8.08. The van der Waals surface area contributed by atoms with Gasteiger partial charge in [-0.2, -0.15) is 17.9 Å². The lowest BCUT2D eigenvalue weighted by Crippen LogP contribution is -2.46. The Kier molecular flexibility index (Phi) is 5.52. The van der Waals surface area contributed by atoms with Crippen molar-refractivity contribution in [2.24, 2.45) is 5.73 Å². The van der Waals surface area contributed by atoms with E-state index >= 15 is 0 Å². The second-order valence-electron chi connectivity index (χ2n) is 4.95. The summed E-state index contributed by atoms with van der Waals surface area (Å²) >= 11 is 1.45. The summed E-state index contributed by atoms with van der Waals surface area (Å²) in [6, 6.07) is 3.71. The van der Waals surface area contributed by atoms with Crippen molar-refractivity contribution in [3.05, 3.63) is 21.9 Å². The van der Waals surface area contributed by atoms with Gasteiger partial charge in [-0.05, 0) is 32.9 Å². The second kappa shape index (κ2) is 6.50. The predicted octanol–water partition coefficient (Wildman–Crippen LogP) is 0.781. The van der Waals surface area contributed by atoms with Crippen LogP contribution in [0.1, 0.15) is 30.5 Å². The Morgan fingerprint density at radius 2 is 2.05 bits per heavy atom.